The van der Waals surface area contributed by atoms with Crippen molar-refractivity contribution in [3.8, 4) is 0 Å². The molecule has 51 valence electrons. The summed E-state index contributed by atoms with van der Waals surface area (Å²) in [4.78, 5) is 0. The number of hydrogen-bond acceptors (Lipinski definition) is 0. The fourth-order valence-electron chi connectivity index (χ4n) is 0. The third-order valence-corrected chi connectivity index (χ3v) is 0. The van der Waals surface area contributed by atoms with Crippen LogP contribution < -0.4 is 0 Å². The second-order valence-corrected chi connectivity index (χ2v) is 0.750. The van der Waals surface area contributed by atoms with E-state index in [2.05, 4.69) is 20.4 Å². The maximum absolute atomic E-state index is 3.33. The Hall–Kier alpha value is 2.38. The van der Waals surface area contributed by atoms with Gasteiger partial charge in [0.2, 0.25) is 0 Å². The van der Waals surface area contributed by atoms with Crippen LogP contribution in [-0.4, -0.2) is 81.9 Å². The Morgan fingerprint density at radius 2 is 1.29 bits per heavy atom. The van der Waals surface area contributed by atoms with Crippen LogP contribution in [0, 0.1) is 13.8 Å². The molecular weight excluding hydrogens is 670 g/mol. The molecule has 7 heavy (non-hydrogen) atoms. The van der Waals surface area contributed by atoms with Crippen LogP contribution in [0.3, 0.4) is 0 Å². The van der Waals surface area contributed by atoms with E-state index in [1.54, 1.807) is 0 Å². The third-order valence-electron chi connectivity index (χ3n) is 0. The first kappa shape index (κ1) is 22.8. The van der Waals surface area contributed by atoms with Crippen molar-refractivity contribution >= 4 is 81.9 Å². The summed E-state index contributed by atoms with van der Waals surface area (Å²) in [6.45, 7) is 10.0. The Morgan fingerprint density at radius 3 is 1.29 bits per heavy atom. The number of allylic oxidation sites excluding steroid dienone is 1. The molecule has 0 nitrogen and oxygen atoms in total. The average Bonchev–Trinajstić information content (AvgIpc) is 0.811. The van der Waals surface area contributed by atoms with Crippen molar-refractivity contribution in [3.63, 3.8) is 0 Å². The summed E-state index contributed by atoms with van der Waals surface area (Å²) in [5.74, 6) is 0. The summed E-state index contributed by atoms with van der Waals surface area (Å²) in [6.07, 6.45) is 0. The van der Waals surface area contributed by atoms with Gasteiger partial charge in [0.15, 0.2) is 0 Å². The minimum absolute atomic E-state index is 0. The molecule has 3 heteroatoms. The molecule has 0 aliphatic carbocycles. The van der Waals surface area contributed by atoms with Gasteiger partial charge in [0.25, 0.3) is 0 Å². The van der Waals surface area contributed by atoms with Gasteiger partial charge in [0.05, 0.1) is 5.57 Å². The predicted molar refractivity (Wildman–Crippen MR) is 56.1 cm³/mol. The fraction of sp³-hybridized carbons (Fsp3) is 0. The predicted octanol–water partition coefficient (Wildman–Crippen LogP) is 2.28. The van der Waals surface area contributed by atoms with E-state index >= 15 is 0 Å². The van der Waals surface area contributed by atoms with Crippen molar-refractivity contribution in [2.24, 2.45) is 0 Å². The zero-order valence-corrected chi connectivity index (χ0v) is 15.8. The third kappa shape index (κ3) is 60.3. The summed E-state index contributed by atoms with van der Waals surface area (Å²) in [5.41, 5.74) is 0.667. The van der Waals surface area contributed by atoms with Crippen LogP contribution in [0.25, 0.3) is 0 Å². The molecular formula is C4H24Pb3+. The molecule has 0 rings (SSSR count). The maximum atomic E-state index is 3.33. The van der Waals surface area contributed by atoms with Crippen LogP contribution in [0.2, 0.25) is 0 Å². The van der Waals surface area contributed by atoms with Crippen molar-refractivity contribution in [1.82, 2.24) is 0 Å². The van der Waals surface area contributed by atoms with Crippen molar-refractivity contribution < 1.29 is 12.8 Å². The standard InChI is InChI=1S/C4H6.3Pb.9H2/c1-4(2)3;;;;;;;;;;;;/h1-3H2;;;;9*1H/q+1;;;;;;;;;;;;. The minimum Gasteiger partial charge on any atom is 0 e. The van der Waals surface area contributed by atoms with Gasteiger partial charge in [0.1, 0.15) is 0 Å². The molecule has 0 aromatic carbocycles. The Balaban J connectivity index is -0.000000000682. The van der Waals surface area contributed by atoms with E-state index in [9.17, 15) is 0 Å². The summed E-state index contributed by atoms with van der Waals surface area (Å²) in [5, 5.41) is 0. The molecule has 0 aliphatic rings. The van der Waals surface area contributed by atoms with E-state index < -0.39 is 0 Å². The SMILES string of the molecule is [CH2]C(=C)[CH2+].[HH].[HH].[HH].[HH].[HH].[HH].[HH].[HH].[HH].[Pb].[Pb].[Pb]. The minimum atomic E-state index is 0. The molecule has 0 bridgehead atoms. The summed E-state index contributed by atoms with van der Waals surface area (Å²) in [6, 6.07) is 0. The average molecular weight is 694 g/mol. The van der Waals surface area contributed by atoms with Crippen LogP contribution in [0.15, 0.2) is 12.2 Å². The molecule has 0 amide bonds. The number of rotatable bonds is 0. The largest absolute Gasteiger partial charge is 0.0968 e. The zero-order valence-electron chi connectivity index (χ0n) is 4.12. The van der Waals surface area contributed by atoms with Gasteiger partial charge in [-0.3, -0.25) is 0 Å². The van der Waals surface area contributed by atoms with Crippen molar-refractivity contribution in [2.75, 3.05) is 0 Å². The van der Waals surface area contributed by atoms with E-state index in [1.807, 2.05) is 0 Å². The van der Waals surface area contributed by atoms with Crippen LogP contribution in [0.4, 0.5) is 0 Å². The molecule has 0 N–H and O–H groups in total. The van der Waals surface area contributed by atoms with Gasteiger partial charge < -0.3 is 0 Å². The normalized spacial score (nSPS) is 3.57. The van der Waals surface area contributed by atoms with E-state index in [0.29, 0.717) is 5.57 Å². The second kappa shape index (κ2) is 15.8. The number of hydrogen-bond donors (Lipinski definition) is 0. The van der Waals surface area contributed by atoms with E-state index in [1.165, 1.54) is 0 Å². The van der Waals surface area contributed by atoms with Gasteiger partial charge in [-0.2, -0.15) is 0 Å². The van der Waals surface area contributed by atoms with Gasteiger partial charge in [-0.15, -0.1) is 0 Å². The molecule has 0 atom stereocenters. The van der Waals surface area contributed by atoms with Crippen LogP contribution in [-0.2, 0) is 0 Å². The van der Waals surface area contributed by atoms with Crippen LogP contribution >= 0.6 is 0 Å². The first-order valence-electron chi connectivity index (χ1n) is 1.06. The second-order valence-electron chi connectivity index (χ2n) is 0.750. The van der Waals surface area contributed by atoms with Gasteiger partial charge in [-0.1, -0.05) is 0 Å². The molecule has 0 spiro atoms. The molecule has 0 fully saturated rings. The Kier molecular flexibility index (Phi) is 51.3. The van der Waals surface area contributed by atoms with Gasteiger partial charge in [0, 0.05) is 115 Å². The summed E-state index contributed by atoms with van der Waals surface area (Å²) >= 11 is 0. The van der Waals surface area contributed by atoms with Crippen molar-refractivity contribution in [1.29, 1.82) is 0 Å². The zero-order chi connectivity index (χ0) is 3.58. The fourth-order valence-corrected chi connectivity index (χ4v) is 0. The molecule has 0 heterocycles. The molecule has 0 saturated carbocycles. The quantitative estimate of drug-likeness (QED) is 0.270. The van der Waals surface area contributed by atoms with E-state index in [-0.39, 0.29) is 94.7 Å². The van der Waals surface area contributed by atoms with Crippen LogP contribution in [0.5, 0.6) is 0 Å². The van der Waals surface area contributed by atoms with Crippen LogP contribution in [0.1, 0.15) is 12.8 Å². The first-order chi connectivity index (χ1) is 1.73. The topological polar surface area (TPSA) is 0 Å². The molecule has 0 unspecified atom stereocenters. The summed E-state index contributed by atoms with van der Waals surface area (Å²) in [7, 11) is 0. The Bertz CT molecular complexity index is 45.7. The molecule has 0 aromatic rings. The monoisotopic (exact) mass is 696 g/mol. The Morgan fingerprint density at radius 1 is 1.29 bits per heavy atom. The first-order valence-corrected chi connectivity index (χ1v) is 1.06. The van der Waals surface area contributed by atoms with Crippen molar-refractivity contribution in [2.45, 2.75) is 0 Å². The maximum Gasteiger partial charge on any atom is 0.0968 e. The van der Waals surface area contributed by atoms with Crippen molar-refractivity contribution in [3.05, 3.63) is 26.0 Å². The van der Waals surface area contributed by atoms with Gasteiger partial charge in [-0.05, 0) is 0 Å². The molecule has 0 aliphatic heterocycles. The van der Waals surface area contributed by atoms with E-state index in [0.717, 1.165) is 0 Å². The molecule has 0 saturated heterocycles. The molecule has 0 aromatic heterocycles. The Labute approximate surface area is 119 Å². The van der Waals surface area contributed by atoms with Gasteiger partial charge in [-0.25, -0.2) is 0 Å². The smallest absolute Gasteiger partial charge is 0 e. The summed E-state index contributed by atoms with van der Waals surface area (Å²) < 4.78 is 0. The van der Waals surface area contributed by atoms with Gasteiger partial charge >= 0.3 is 0 Å². The molecule has 13 radical (unpaired) electrons. The van der Waals surface area contributed by atoms with E-state index in [4.69, 9.17) is 0 Å².